The number of hydrogen-bond donors (Lipinski definition) is 0. The monoisotopic (exact) mass is 408 g/mol. The Kier molecular flexibility index (Phi) is 6.67. The lowest BCUT2D eigenvalue weighted by molar-refractivity contribution is -0.152. The topological polar surface area (TPSA) is 84.0 Å². The van der Waals surface area contributed by atoms with Gasteiger partial charge in [-0.2, -0.15) is 4.31 Å². The largest absolute Gasteiger partial charge is 0.455 e. The van der Waals surface area contributed by atoms with E-state index in [2.05, 4.69) is 0 Å². The molecule has 0 saturated carbocycles. The van der Waals surface area contributed by atoms with Gasteiger partial charge < -0.3 is 9.64 Å². The SMILES string of the molecule is CS(=O)(=O)N1CCN(C(=O)COC(=O)Cc2ccc(Cl)cc2Cl)CC1. The van der Waals surface area contributed by atoms with Gasteiger partial charge in [0.15, 0.2) is 6.61 Å². The first-order valence-electron chi connectivity index (χ1n) is 7.49. The molecule has 0 radical (unpaired) electrons. The second-order valence-corrected chi connectivity index (χ2v) is 8.44. The summed E-state index contributed by atoms with van der Waals surface area (Å²) in [5.74, 6) is -0.934. The first-order valence-corrected chi connectivity index (χ1v) is 10.1. The van der Waals surface area contributed by atoms with Crippen molar-refractivity contribution in [3.63, 3.8) is 0 Å². The van der Waals surface area contributed by atoms with Crippen molar-refractivity contribution in [2.75, 3.05) is 39.0 Å². The first kappa shape index (κ1) is 20.0. The zero-order valence-corrected chi connectivity index (χ0v) is 15.9. The molecule has 25 heavy (non-hydrogen) atoms. The normalized spacial score (nSPS) is 15.9. The van der Waals surface area contributed by atoms with Crippen LogP contribution in [0.25, 0.3) is 0 Å². The van der Waals surface area contributed by atoms with Gasteiger partial charge in [0.2, 0.25) is 10.0 Å². The van der Waals surface area contributed by atoms with Crippen molar-refractivity contribution < 1.29 is 22.7 Å². The molecule has 1 aromatic carbocycles. The molecule has 1 saturated heterocycles. The van der Waals surface area contributed by atoms with Crippen molar-refractivity contribution in [3.05, 3.63) is 33.8 Å². The van der Waals surface area contributed by atoms with E-state index >= 15 is 0 Å². The van der Waals surface area contributed by atoms with Crippen molar-refractivity contribution in [1.82, 2.24) is 9.21 Å². The van der Waals surface area contributed by atoms with Gasteiger partial charge in [0.05, 0.1) is 12.7 Å². The fraction of sp³-hybridized carbons (Fsp3) is 0.467. The molecule has 0 N–H and O–H groups in total. The van der Waals surface area contributed by atoms with Crippen LogP contribution in [0.15, 0.2) is 18.2 Å². The molecule has 1 fully saturated rings. The van der Waals surface area contributed by atoms with Crippen molar-refractivity contribution >= 4 is 45.1 Å². The van der Waals surface area contributed by atoms with Crippen LogP contribution in [0.5, 0.6) is 0 Å². The van der Waals surface area contributed by atoms with E-state index in [-0.39, 0.29) is 45.1 Å². The van der Waals surface area contributed by atoms with Crippen molar-refractivity contribution in [2.24, 2.45) is 0 Å². The molecular formula is C15H18Cl2N2O5S. The van der Waals surface area contributed by atoms with Gasteiger partial charge in [-0.3, -0.25) is 9.59 Å². The highest BCUT2D eigenvalue weighted by molar-refractivity contribution is 7.88. The molecule has 1 aromatic rings. The van der Waals surface area contributed by atoms with Crippen LogP contribution < -0.4 is 0 Å². The van der Waals surface area contributed by atoms with Gasteiger partial charge in [0.25, 0.3) is 5.91 Å². The molecule has 0 unspecified atom stereocenters. The smallest absolute Gasteiger partial charge is 0.310 e. The predicted molar refractivity (Wildman–Crippen MR) is 94.1 cm³/mol. The zero-order valence-electron chi connectivity index (χ0n) is 13.6. The summed E-state index contributed by atoms with van der Waals surface area (Å²) in [5.41, 5.74) is 0.560. The van der Waals surface area contributed by atoms with E-state index in [1.807, 2.05) is 0 Å². The third-order valence-electron chi connectivity index (χ3n) is 3.77. The predicted octanol–water partition coefficient (Wildman–Crippen LogP) is 1.18. The molecule has 0 atom stereocenters. The average molecular weight is 409 g/mol. The summed E-state index contributed by atoms with van der Waals surface area (Å²) in [5, 5.41) is 0.818. The molecule has 2 rings (SSSR count). The molecule has 1 aliphatic heterocycles. The fourth-order valence-electron chi connectivity index (χ4n) is 2.37. The number of carbonyl (C=O) groups is 2. The van der Waals surface area contributed by atoms with Crippen LogP contribution >= 0.6 is 23.2 Å². The van der Waals surface area contributed by atoms with E-state index < -0.39 is 16.0 Å². The highest BCUT2D eigenvalue weighted by atomic mass is 35.5. The number of amides is 1. The van der Waals surface area contributed by atoms with Crippen LogP contribution in [-0.2, 0) is 30.8 Å². The fourth-order valence-corrected chi connectivity index (χ4v) is 3.68. The van der Waals surface area contributed by atoms with E-state index in [1.54, 1.807) is 12.1 Å². The van der Waals surface area contributed by atoms with E-state index in [1.165, 1.54) is 15.3 Å². The number of sulfonamides is 1. The van der Waals surface area contributed by atoms with Gasteiger partial charge in [-0.15, -0.1) is 0 Å². The van der Waals surface area contributed by atoms with Crippen LogP contribution in [0.3, 0.4) is 0 Å². The van der Waals surface area contributed by atoms with Crippen LogP contribution in [0.1, 0.15) is 5.56 Å². The Balaban J connectivity index is 1.79. The maximum absolute atomic E-state index is 12.1. The minimum atomic E-state index is -3.25. The zero-order chi connectivity index (χ0) is 18.6. The summed E-state index contributed by atoms with van der Waals surface area (Å²) in [6.07, 6.45) is 1.07. The van der Waals surface area contributed by atoms with Crippen LogP contribution in [-0.4, -0.2) is 68.5 Å². The number of benzene rings is 1. The van der Waals surface area contributed by atoms with Gasteiger partial charge in [-0.05, 0) is 17.7 Å². The van der Waals surface area contributed by atoms with Gasteiger partial charge >= 0.3 is 5.97 Å². The number of esters is 1. The van der Waals surface area contributed by atoms with E-state index in [0.717, 1.165) is 6.26 Å². The Morgan fingerprint density at radius 2 is 1.80 bits per heavy atom. The lowest BCUT2D eigenvalue weighted by Gasteiger charge is -2.33. The molecule has 10 heteroatoms. The first-order chi connectivity index (χ1) is 11.7. The molecule has 1 heterocycles. The van der Waals surface area contributed by atoms with E-state index in [4.69, 9.17) is 27.9 Å². The molecule has 1 amide bonds. The molecule has 1 aliphatic rings. The van der Waals surface area contributed by atoms with Crippen molar-refractivity contribution in [1.29, 1.82) is 0 Å². The van der Waals surface area contributed by atoms with Crippen LogP contribution in [0.2, 0.25) is 10.0 Å². The Morgan fingerprint density at radius 3 is 2.36 bits per heavy atom. The lowest BCUT2D eigenvalue weighted by atomic mass is 10.1. The van der Waals surface area contributed by atoms with Gasteiger partial charge in [-0.25, -0.2) is 8.42 Å². The Hall–Kier alpha value is -1.35. The molecule has 0 spiro atoms. The molecule has 138 valence electrons. The number of carbonyl (C=O) groups excluding carboxylic acids is 2. The number of halogens is 2. The third-order valence-corrected chi connectivity index (χ3v) is 5.66. The number of hydrogen-bond acceptors (Lipinski definition) is 5. The summed E-state index contributed by atoms with van der Waals surface area (Å²) >= 11 is 11.8. The van der Waals surface area contributed by atoms with Crippen LogP contribution in [0, 0.1) is 0 Å². The molecule has 0 bridgehead atoms. The van der Waals surface area contributed by atoms with Crippen molar-refractivity contribution in [2.45, 2.75) is 6.42 Å². The number of piperazine rings is 1. The van der Waals surface area contributed by atoms with Gasteiger partial charge in [-0.1, -0.05) is 29.3 Å². The van der Waals surface area contributed by atoms with Gasteiger partial charge in [0.1, 0.15) is 0 Å². The second-order valence-electron chi connectivity index (χ2n) is 5.62. The summed E-state index contributed by atoms with van der Waals surface area (Å²) in [4.78, 5) is 25.4. The molecule has 0 aromatic heterocycles. The van der Waals surface area contributed by atoms with Crippen molar-refractivity contribution in [3.8, 4) is 0 Å². The summed E-state index contributed by atoms with van der Waals surface area (Å²) < 4.78 is 29.2. The summed E-state index contributed by atoms with van der Waals surface area (Å²) in [7, 11) is -3.25. The molecule has 0 aliphatic carbocycles. The highest BCUT2D eigenvalue weighted by Gasteiger charge is 2.26. The summed E-state index contributed by atoms with van der Waals surface area (Å²) in [6, 6.07) is 4.76. The second kappa shape index (κ2) is 8.35. The Bertz CT molecular complexity index is 761. The summed E-state index contributed by atoms with van der Waals surface area (Å²) in [6.45, 7) is 0.625. The minimum absolute atomic E-state index is 0.0643. The Labute approximate surface area is 156 Å². The number of rotatable bonds is 5. The van der Waals surface area contributed by atoms with E-state index in [9.17, 15) is 18.0 Å². The highest BCUT2D eigenvalue weighted by Crippen LogP contribution is 2.21. The average Bonchev–Trinajstić information content (AvgIpc) is 2.54. The Morgan fingerprint density at radius 1 is 1.16 bits per heavy atom. The van der Waals surface area contributed by atoms with Crippen LogP contribution in [0.4, 0.5) is 0 Å². The third kappa shape index (κ3) is 5.85. The number of nitrogens with zero attached hydrogens (tertiary/aromatic N) is 2. The standard InChI is InChI=1S/C15H18Cl2N2O5S/c1-25(22,23)19-6-4-18(5-7-19)14(20)10-24-15(21)8-11-2-3-12(16)9-13(11)17/h2-3,9H,4-8,10H2,1H3. The molecular weight excluding hydrogens is 391 g/mol. The minimum Gasteiger partial charge on any atom is -0.455 e. The van der Waals surface area contributed by atoms with Gasteiger partial charge in [0, 0.05) is 36.2 Å². The maximum Gasteiger partial charge on any atom is 0.310 e. The van der Waals surface area contributed by atoms with E-state index in [0.29, 0.717) is 15.6 Å². The lowest BCUT2D eigenvalue weighted by Crippen LogP contribution is -2.51. The maximum atomic E-state index is 12.1. The number of ether oxygens (including phenoxy) is 1. The molecule has 7 nitrogen and oxygen atoms in total. The quantitative estimate of drug-likeness (QED) is 0.683.